The summed E-state index contributed by atoms with van der Waals surface area (Å²) in [5.74, 6) is 0.414. The molecule has 1 aliphatic rings. The van der Waals surface area contributed by atoms with E-state index in [-0.39, 0.29) is 29.9 Å². The van der Waals surface area contributed by atoms with Crippen LogP contribution in [-0.2, 0) is 33.4 Å². The van der Waals surface area contributed by atoms with E-state index >= 15 is 0 Å². The molecule has 0 aromatic heterocycles. The quantitative estimate of drug-likeness (QED) is 0.0320. The van der Waals surface area contributed by atoms with Gasteiger partial charge >= 0.3 is 5.97 Å². The molecule has 0 saturated heterocycles. The van der Waals surface area contributed by atoms with Gasteiger partial charge in [0.1, 0.15) is 12.2 Å². The predicted molar refractivity (Wildman–Crippen MR) is 251 cm³/mol. The number of primary amides is 1. The van der Waals surface area contributed by atoms with Gasteiger partial charge in [-0.25, -0.2) is 0 Å². The van der Waals surface area contributed by atoms with Gasteiger partial charge in [0.15, 0.2) is 0 Å². The Hall–Kier alpha value is -2.20. The normalized spacial score (nSPS) is 15.9. The number of nitrogens with two attached hydrogens (primary N) is 1. The standard InChI is InChI=1S/C34H63NO6.C14H30.CH3NO.CH4O/c1-6-7-8-9-10-11-12-13-14-15-16-20-33(38)41-31-26-29(21-22-30(31)39-27-36)35-32(37)19-17-18-24-34(4,5)40-25-23-28(2)3;1-3-5-7-9-11-13-14-12-10-8-6-4-2;2-1-3;1-2/h27-31H,6-26H2,1-5H3,(H,35,37);3-14H2,1-2H3;1H,(H2,2,3);2H,1H3. The first-order valence-corrected chi connectivity index (χ1v) is 24.8. The van der Waals surface area contributed by atoms with E-state index < -0.39 is 12.2 Å². The maximum absolute atomic E-state index is 12.6. The lowest BCUT2D eigenvalue weighted by atomic mass is 9.90. The van der Waals surface area contributed by atoms with Gasteiger partial charge in [0.25, 0.3) is 6.47 Å². The van der Waals surface area contributed by atoms with Crippen LogP contribution in [0.1, 0.15) is 254 Å². The van der Waals surface area contributed by atoms with E-state index in [0.29, 0.717) is 44.5 Å². The SMILES string of the molecule is CCCCCCCCCCCCCC.CCCCCCCCCCCCCC(=O)OC1CC(NC(=O)CCCCC(C)(C)OCCC(C)C)CCC1OC=O.CO.NC=O. The monoisotopic (exact) mass is 857 g/mol. The zero-order valence-corrected chi connectivity index (χ0v) is 40.7. The molecule has 4 N–H and O–H groups in total. The summed E-state index contributed by atoms with van der Waals surface area (Å²) in [6.07, 6.45) is 36.6. The first-order chi connectivity index (χ1) is 29.0. The fourth-order valence-electron chi connectivity index (χ4n) is 7.44. The van der Waals surface area contributed by atoms with Gasteiger partial charge in [-0.1, -0.05) is 182 Å². The molecular weight excluding hydrogens is 757 g/mol. The van der Waals surface area contributed by atoms with Gasteiger partial charge < -0.3 is 30.4 Å². The molecule has 0 aromatic carbocycles. The summed E-state index contributed by atoms with van der Waals surface area (Å²) in [5, 5.41) is 10.1. The number of carbonyl (C=O) groups is 4. The second-order valence-electron chi connectivity index (χ2n) is 17.8. The third kappa shape index (κ3) is 45.3. The van der Waals surface area contributed by atoms with Gasteiger partial charge in [0.2, 0.25) is 12.3 Å². The summed E-state index contributed by atoms with van der Waals surface area (Å²) in [6.45, 7) is 16.6. The fraction of sp³-hybridized carbons (Fsp3) is 0.920. The molecule has 1 rings (SSSR count). The van der Waals surface area contributed by atoms with Crippen LogP contribution in [0.15, 0.2) is 0 Å². The lowest BCUT2D eigenvalue weighted by Gasteiger charge is -2.34. The van der Waals surface area contributed by atoms with Gasteiger partial charge in [0.05, 0.1) is 5.60 Å². The summed E-state index contributed by atoms with van der Waals surface area (Å²) >= 11 is 0. The summed E-state index contributed by atoms with van der Waals surface area (Å²) in [7, 11) is 1.00. The fourth-order valence-corrected chi connectivity index (χ4v) is 7.44. The average Bonchev–Trinajstić information content (AvgIpc) is 3.21. The maximum atomic E-state index is 12.6. The Morgan fingerprint density at radius 3 is 1.50 bits per heavy atom. The Kier molecular flexibility index (Phi) is 49.5. The van der Waals surface area contributed by atoms with E-state index in [1.807, 2.05) is 0 Å². The second kappa shape index (κ2) is 47.8. The van der Waals surface area contributed by atoms with Crippen LogP contribution in [0.2, 0.25) is 0 Å². The average molecular weight is 857 g/mol. The van der Waals surface area contributed by atoms with Crippen molar-refractivity contribution in [2.75, 3.05) is 13.7 Å². The van der Waals surface area contributed by atoms with E-state index in [0.717, 1.165) is 58.7 Å². The zero-order valence-electron chi connectivity index (χ0n) is 40.7. The van der Waals surface area contributed by atoms with Gasteiger partial charge in [-0.15, -0.1) is 0 Å². The summed E-state index contributed by atoms with van der Waals surface area (Å²) < 4.78 is 17.0. The van der Waals surface area contributed by atoms with E-state index in [2.05, 4.69) is 59.5 Å². The number of amides is 2. The Bertz CT molecular complexity index is 920. The lowest BCUT2D eigenvalue weighted by Crippen LogP contribution is -2.47. The minimum atomic E-state index is -0.511. The number of hydrogen-bond acceptors (Lipinski definition) is 8. The maximum Gasteiger partial charge on any atom is 0.306 e. The van der Waals surface area contributed by atoms with Gasteiger partial charge in [-0.2, -0.15) is 0 Å². The highest BCUT2D eigenvalue weighted by atomic mass is 16.6. The molecule has 0 heterocycles. The number of ether oxygens (including phenoxy) is 3. The molecule has 3 unspecified atom stereocenters. The highest BCUT2D eigenvalue weighted by Gasteiger charge is 2.35. The molecule has 358 valence electrons. The number of rotatable bonds is 36. The molecule has 2 amide bonds. The molecular formula is C50H100N2O8. The van der Waals surface area contributed by atoms with Crippen LogP contribution in [-0.4, -0.2) is 67.4 Å². The first kappa shape index (κ1) is 62.1. The highest BCUT2D eigenvalue weighted by molar-refractivity contribution is 5.76. The van der Waals surface area contributed by atoms with Crippen molar-refractivity contribution >= 4 is 24.8 Å². The van der Waals surface area contributed by atoms with Crippen LogP contribution in [0.5, 0.6) is 0 Å². The number of nitrogens with one attached hydrogen (secondary N) is 1. The third-order valence-electron chi connectivity index (χ3n) is 11.2. The van der Waals surface area contributed by atoms with E-state index in [4.69, 9.17) is 24.1 Å². The molecule has 0 bridgehead atoms. The molecule has 3 atom stereocenters. The Balaban J connectivity index is -0.00000142. The number of hydrogen-bond donors (Lipinski definition) is 3. The molecule has 1 aliphatic carbocycles. The number of unbranched alkanes of at least 4 members (excludes halogenated alkanes) is 22. The van der Waals surface area contributed by atoms with E-state index in [1.165, 1.54) is 128 Å². The van der Waals surface area contributed by atoms with Crippen LogP contribution in [0.25, 0.3) is 0 Å². The molecule has 0 radical (unpaired) electrons. The molecule has 10 heteroatoms. The Morgan fingerprint density at radius 1 is 0.667 bits per heavy atom. The Morgan fingerprint density at radius 2 is 1.08 bits per heavy atom. The van der Waals surface area contributed by atoms with E-state index in [1.54, 1.807) is 0 Å². The summed E-state index contributed by atoms with van der Waals surface area (Å²) in [4.78, 5) is 44.7. The highest BCUT2D eigenvalue weighted by Crippen LogP contribution is 2.26. The van der Waals surface area contributed by atoms with Crippen LogP contribution in [0.4, 0.5) is 0 Å². The molecule has 0 aliphatic heterocycles. The predicted octanol–water partition coefficient (Wildman–Crippen LogP) is 12.6. The third-order valence-corrected chi connectivity index (χ3v) is 11.2. The van der Waals surface area contributed by atoms with Crippen molar-refractivity contribution in [1.82, 2.24) is 5.32 Å². The first-order valence-electron chi connectivity index (χ1n) is 24.8. The lowest BCUT2D eigenvalue weighted by molar-refractivity contribution is -0.166. The minimum Gasteiger partial charge on any atom is -0.461 e. The molecule has 1 saturated carbocycles. The molecule has 60 heavy (non-hydrogen) atoms. The van der Waals surface area contributed by atoms with Crippen molar-refractivity contribution in [3.8, 4) is 0 Å². The van der Waals surface area contributed by atoms with Gasteiger partial charge in [-0.05, 0) is 58.3 Å². The Labute approximate surface area is 370 Å². The second-order valence-corrected chi connectivity index (χ2v) is 17.8. The van der Waals surface area contributed by atoms with Crippen molar-refractivity contribution in [1.29, 1.82) is 0 Å². The zero-order chi connectivity index (χ0) is 45.5. The summed E-state index contributed by atoms with van der Waals surface area (Å²) in [5.41, 5.74) is 3.99. The number of aliphatic hydroxyl groups excluding tert-OH is 1. The van der Waals surface area contributed by atoms with Crippen LogP contribution in [0, 0.1) is 5.92 Å². The molecule has 0 spiro atoms. The smallest absolute Gasteiger partial charge is 0.306 e. The van der Waals surface area contributed by atoms with Crippen LogP contribution >= 0.6 is 0 Å². The number of carbonyl (C=O) groups excluding carboxylic acids is 4. The van der Waals surface area contributed by atoms with Crippen molar-refractivity contribution in [3.05, 3.63) is 0 Å². The number of esters is 1. The molecule has 1 fully saturated rings. The van der Waals surface area contributed by atoms with Crippen molar-refractivity contribution in [2.24, 2.45) is 11.7 Å². The van der Waals surface area contributed by atoms with Crippen LogP contribution < -0.4 is 11.1 Å². The minimum absolute atomic E-state index is 0.0225. The van der Waals surface area contributed by atoms with Crippen molar-refractivity contribution in [3.63, 3.8) is 0 Å². The van der Waals surface area contributed by atoms with E-state index in [9.17, 15) is 14.4 Å². The molecule has 10 nitrogen and oxygen atoms in total. The van der Waals surface area contributed by atoms with Gasteiger partial charge in [-0.3, -0.25) is 19.2 Å². The van der Waals surface area contributed by atoms with Gasteiger partial charge in [0, 0.05) is 39.0 Å². The molecule has 0 aromatic rings. The van der Waals surface area contributed by atoms with Crippen molar-refractivity contribution < 1.29 is 38.5 Å². The number of aliphatic hydroxyl groups is 1. The van der Waals surface area contributed by atoms with Crippen molar-refractivity contribution in [2.45, 2.75) is 278 Å². The van der Waals surface area contributed by atoms with Crippen LogP contribution in [0.3, 0.4) is 0 Å². The summed E-state index contributed by atoms with van der Waals surface area (Å²) in [6, 6.07) is -0.0791. The topological polar surface area (TPSA) is 154 Å². The largest absolute Gasteiger partial charge is 0.461 e.